The van der Waals surface area contributed by atoms with E-state index < -0.39 is 72.0 Å². The number of hydrogen-bond acceptors (Lipinski definition) is 17. The summed E-state index contributed by atoms with van der Waals surface area (Å²) in [5, 5.41) is 4.63. The van der Waals surface area contributed by atoms with E-state index in [1.807, 2.05) is 24.3 Å². The second-order valence-corrected chi connectivity index (χ2v) is 14.4. The lowest BCUT2D eigenvalue weighted by Gasteiger charge is -2.08. The lowest BCUT2D eigenvalue weighted by atomic mass is 10.0. The third-order valence-electron chi connectivity index (χ3n) is 9.42. The summed E-state index contributed by atoms with van der Waals surface area (Å²) in [7, 11) is 0. The molecule has 3 atom stereocenters. The van der Waals surface area contributed by atoms with Crippen LogP contribution in [0, 0.1) is 18.3 Å². The quantitative estimate of drug-likeness (QED) is 0.0463. The molecule has 3 aliphatic heterocycles. The molecule has 3 aromatic rings. The molecule has 3 heterocycles. The Labute approximate surface area is 385 Å². The fourth-order valence-electron chi connectivity index (χ4n) is 5.83. The van der Waals surface area contributed by atoms with E-state index in [4.69, 9.17) is 30.1 Å². The normalized spacial score (nSPS) is 16.7. The minimum Gasteiger partial charge on any atom is -0.490 e. The van der Waals surface area contributed by atoms with E-state index in [9.17, 15) is 43.2 Å². The first kappa shape index (κ1) is 51.4. The van der Waals surface area contributed by atoms with E-state index in [-0.39, 0.29) is 71.4 Å². The van der Waals surface area contributed by atoms with Crippen LogP contribution in [0.3, 0.4) is 0 Å². The summed E-state index contributed by atoms with van der Waals surface area (Å²) in [5.74, 6) is -0.572. The Morgan fingerprint density at radius 2 is 1.04 bits per heavy atom. The number of hydrogen-bond donors (Lipinski definition) is 2. The van der Waals surface area contributed by atoms with Crippen LogP contribution in [0.1, 0.15) is 67.2 Å². The van der Waals surface area contributed by atoms with E-state index in [0.717, 1.165) is 22.3 Å². The van der Waals surface area contributed by atoms with Gasteiger partial charge in [-0.25, -0.2) is 19.2 Å². The molecule has 0 bridgehead atoms. The zero-order valence-electron chi connectivity index (χ0n) is 36.2. The van der Waals surface area contributed by atoms with Gasteiger partial charge in [-0.15, -0.1) is 6.42 Å². The van der Waals surface area contributed by atoms with Crippen LogP contribution in [-0.2, 0) is 81.8 Å². The molecule has 3 aromatic carbocycles. The zero-order valence-corrected chi connectivity index (χ0v) is 36.2. The summed E-state index contributed by atoms with van der Waals surface area (Å²) in [6.07, 6.45) is 7.63. The second-order valence-electron chi connectivity index (χ2n) is 14.4. The number of cyclic esters (lactones) is 6. The number of alkyl carbamates (subject to hydrolysis) is 2. The maximum atomic E-state index is 11.7. The summed E-state index contributed by atoms with van der Waals surface area (Å²) in [5.41, 5.74) is 3.47. The third-order valence-corrected chi connectivity index (χ3v) is 9.42. The Bertz CT molecular complexity index is 2300. The van der Waals surface area contributed by atoms with Gasteiger partial charge >= 0.3 is 54.0 Å². The van der Waals surface area contributed by atoms with Crippen LogP contribution in [0.5, 0.6) is 11.5 Å². The van der Waals surface area contributed by atoms with Crippen LogP contribution in [-0.4, -0.2) is 79.3 Å². The van der Waals surface area contributed by atoms with Crippen molar-refractivity contribution in [3.8, 4) is 23.8 Å². The molecule has 3 saturated heterocycles. The van der Waals surface area contributed by atoms with Crippen molar-refractivity contribution in [1.82, 2.24) is 10.6 Å². The highest BCUT2D eigenvalue weighted by Gasteiger charge is 2.34. The molecule has 2 N–H and O–H groups in total. The number of nitrogens with one attached hydrogen (secondary N) is 2. The average molecular weight is 925 g/mol. The van der Waals surface area contributed by atoms with E-state index in [2.05, 4.69) is 43.9 Å². The van der Waals surface area contributed by atoms with Crippen molar-refractivity contribution in [3.05, 3.63) is 114 Å². The molecule has 0 spiro atoms. The van der Waals surface area contributed by atoms with Gasteiger partial charge in [0, 0.05) is 19.3 Å². The van der Waals surface area contributed by atoms with Crippen molar-refractivity contribution in [2.24, 2.45) is 5.92 Å². The predicted octanol–water partition coefficient (Wildman–Crippen LogP) is 5.11. The molecule has 6 rings (SSSR count). The molecular weight excluding hydrogens is 877 g/mol. The van der Waals surface area contributed by atoms with Gasteiger partial charge < -0.3 is 48.5 Å². The van der Waals surface area contributed by atoms with Gasteiger partial charge in [-0.1, -0.05) is 79.8 Å². The van der Waals surface area contributed by atoms with Crippen LogP contribution in [0.15, 0.2) is 92.0 Å². The standard InChI is InChI=1S/C17H16O6.C16H17NO6.C15H15NO5/c1-2-9-21-14-6-3-12(4-7-14)11-22-15(18)8-5-13-10-16(19)23-17(13)20;1-2-9-21-12-5-3-11(4-6-12)10-22-14(18)8-7-13-15(19)23-16(20)17-13;1-2-10-3-5-11(6-4-10)9-20-13(17)8-7-12-14(18)21-15(19)16-12/h1,3-4,6-7,13H,5,8-11H2;2-6,13H,1,7-10H2,(H,17,20);2-6,12H,1,7-9H2,(H,16,19)/t2*13-;12-/m100/s1. The van der Waals surface area contributed by atoms with Crippen LogP contribution in [0.2, 0.25) is 0 Å². The Balaban J connectivity index is 0.000000220. The van der Waals surface area contributed by atoms with E-state index in [1.165, 1.54) is 0 Å². The minimum absolute atomic E-state index is 0.0145. The van der Waals surface area contributed by atoms with Crippen LogP contribution in [0.4, 0.5) is 9.59 Å². The maximum Gasteiger partial charge on any atom is 0.415 e. The van der Waals surface area contributed by atoms with E-state index in [1.54, 1.807) is 60.7 Å². The van der Waals surface area contributed by atoms with Crippen molar-refractivity contribution in [2.75, 3.05) is 13.2 Å². The Morgan fingerprint density at radius 3 is 1.42 bits per heavy atom. The summed E-state index contributed by atoms with van der Waals surface area (Å²) in [4.78, 5) is 101. The fourth-order valence-corrected chi connectivity index (χ4v) is 5.83. The number of carbonyl (C=O) groups is 9. The lowest BCUT2D eigenvalue weighted by molar-refractivity contribution is -0.153. The van der Waals surface area contributed by atoms with Gasteiger partial charge in [0.2, 0.25) is 0 Å². The SMILES string of the molecule is C#CCOc1ccc(COC(=O)CC[C@@H]2CC(=O)OC2=O)cc1.C=CCOc1ccc(COC(=O)CC[C@@H]2NC(=O)OC2=O)cc1.C=Cc1ccc(COC(=O)CC[C@@H]2NC(=O)OC2=O)cc1. The number of carbonyl (C=O) groups excluding carboxylic acids is 9. The average Bonchev–Trinajstić information content (AvgIpc) is 3.97. The molecule has 0 saturated carbocycles. The molecule has 3 fully saturated rings. The van der Waals surface area contributed by atoms with E-state index in [0.29, 0.717) is 18.1 Å². The first-order valence-electron chi connectivity index (χ1n) is 20.7. The number of amides is 2. The third kappa shape index (κ3) is 18.8. The summed E-state index contributed by atoms with van der Waals surface area (Å²) < 4.78 is 39.0. The van der Waals surface area contributed by atoms with Crippen molar-refractivity contribution in [3.63, 3.8) is 0 Å². The molecule has 19 nitrogen and oxygen atoms in total. The first-order valence-corrected chi connectivity index (χ1v) is 20.7. The van der Waals surface area contributed by atoms with Gasteiger partial charge in [0.05, 0.1) is 12.3 Å². The van der Waals surface area contributed by atoms with Crippen molar-refractivity contribution in [2.45, 2.75) is 76.9 Å². The molecule has 3 aliphatic rings. The molecule has 0 aromatic heterocycles. The van der Waals surface area contributed by atoms with Crippen LogP contribution in [0.25, 0.3) is 6.08 Å². The topological polar surface area (TPSA) is 252 Å². The highest BCUT2D eigenvalue weighted by molar-refractivity contribution is 5.96. The Morgan fingerprint density at radius 1 is 0.612 bits per heavy atom. The highest BCUT2D eigenvalue weighted by Crippen LogP contribution is 2.22. The minimum atomic E-state index is -0.785. The molecule has 2 amide bonds. The van der Waals surface area contributed by atoms with Gasteiger partial charge in [-0.3, -0.25) is 24.0 Å². The van der Waals surface area contributed by atoms with Gasteiger partial charge in [-0.2, -0.15) is 0 Å². The number of rotatable bonds is 21. The lowest BCUT2D eigenvalue weighted by Crippen LogP contribution is -2.29. The summed E-state index contributed by atoms with van der Waals surface area (Å²) in [6, 6.07) is 20.0. The molecular formula is C48H48N2O17. The zero-order chi connectivity index (χ0) is 48.6. The monoisotopic (exact) mass is 924 g/mol. The second kappa shape index (κ2) is 27.1. The fraction of sp³-hybridized carbons (Fsp3) is 0.312. The highest BCUT2D eigenvalue weighted by atomic mass is 16.6. The summed E-state index contributed by atoms with van der Waals surface area (Å²) in [6.45, 7) is 8.26. The molecule has 19 heteroatoms. The molecule has 0 unspecified atom stereocenters. The number of terminal acetylenes is 1. The van der Waals surface area contributed by atoms with Crippen LogP contribution < -0.4 is 20.1 Å². The number of ether oxygens (including phenoxy) is 8. The molecule has 0 radical (unpaired) electrons. The summed E-state index contributed by atoms with van der Waals surface area (Å²) >= 11 is 0. The Kier molecular flexibility index (Phi) is 20.8. The Hall–Kier alpha value is -8.27. The van der Waals surface area contributed by atoms with Crippen molar-refractivity contribution in [1.29, 1.82) is 0 Å². The first-order chi connectivity index (χ1) is 32.2. The van der Waals surface area contributed by atoms with Crippen LogP contribution >= 0.6 is 0 Å². The smallest absolute Gasteiger partial charge is 0.415 e. The molecule has 352 valence electrons. The van der Waals surface area contributed by atoms with Crippen molar-refractivity contribution < 1.29 is 81.0 Å². The van der Waals surface area contributed by atoms with E-state index >= 15 is 0 Å². The largest absolute Gasteiger partial charge is 0.490 e. The van der Waals surface area contributed by atoms with Gasteiger partial charge in [0.15, 0.2) is 0 Å². The number of benzene rings is 3. The van der Waals surface area contributed by atoms with Gasteiger partial charge in [-0.05, 0) is 65.8 Å². The maximum absolute atomic E-state index is 11.7. The van der Waals surface area contributed by atoms with Crippen molar-refractivity contribution >= 4 is 60.0 Å². The molecule has 67 heavy (non-hydrogen) atoms. The molecule has 0 aliphatic carbocycles. The predicted molar refractivity (Wildman–Crippen MR) is 233 cm³/mol. The van der Waals surface area contributed by atoms with Gasteiger partial charge in [0.1, 0.15) is 56.6 Å². The number of esters is 7. The van der Waals surface area contributed by atoms with Gasteiger partial charge in [0.25, 0.3) is 0 Å².